The molecular weight excluding hydrogens is 190 g/mol. The van der Waals surface area contributed by atoms with Crippen molar-refractivity contribution in [1.29, 1.82) is 0 Å². The summed E-state index contributed by atoms with van der Waals surface area (Å²) in [6.07, 6.45) is 2.79. The largest absolute Gasteiger partial charge is 0.478 e. The van der Waals surface area contributed by atoms with Gasteiger partial charge in [-0.15, -0.1) is 0 Å². The van der Waals surface area contributed by atoms with Crippen molar-refractivity contribution < 1.29 is 9.84 Å². The van der Waals surface area contributed by atoms with Crippen molar-refractivity contribution in [2.45, 2.75) is 25.5 Å². The third-order valence-electron chi connectivity index (χ3n) is 2.72. The molecule has 1 aliphatic heterocycles. The van der Waals surface area contributed by atoms with Crippen LogP contribution in [0, 0.1) is 0 Å². The summed E-state index contributed by atoms with van der Waals surface area (Å²) < 4.78 is 5.58. The molecule has 1 unspecified atom stereocenters. The standard InChI is InChI=1S/C12H17NO2/c14-12-8-4-5-9-13(12)10-15-11-6-2-1-3-7-11/h1-3,6-7,12,14H,4-5,8-10H2. The Morgan fingerprint density at radius 1 is 1.27 bits per heavy atom. The summed E-state index contributed by atoms with van der Waals surface area (Å²) in [5.41, 5.74) is 0. The average Bonchev–Trinajstić information content (AvgIpc) is 2.29. The van der Waals surface area contributed by atoms with Crippen molar-refractivity contribution in [2.75, 3.05) is 13.3 Å². The summed E-state index contributed by atoms with van der Waals surface area (Å²) in [4.78, 5) is 1.97. The molecule has 1 N–H and O–H groups in total. The van der Waals surface area contributed by atoms with Gasteiger partial charge >= 0.3 is 0 Å². The zero-order valence-corrected chi connectivity index (χ0v) is 8.80. The Morgan fingerprint density at radius 2 is 2.07 bits per heavy atom. The molecule has 0 aromatic heterocycles. The van der Waals surface area contributed by atoms with E-state index in [0.717, 1.165) is 31.6 Å². The fraction of sp³-hybridized carbons (Fsp3) is 0.500. The van der Waals surface area contributed by atoms with E-state index in [1.54, 1.807) is 0 Å². The minimum absolute atomic E-state index is 0.331. The van der Waals surface area contributed by atoms with E-state index in [2.05, 4.69) is 0 Å². The molecule has 3 heteroatoms. The Balaban J connectivity index is 1.82. The minimum atomic E-state index is -0.331. The smallest absolute Gasteiger partial charge is 0.144 e. The summed E-state index contributed by atoms with van der Waals surface area (Å²) in [6, 6.07) is 9.71. The van der Waals surface area contributed by atoms with Crippen LogP contribution < -0.4 is 4.74 Å². The summed E-state index contributed by atoms with van der Waals surface area (Å²) in [5.74, 6) is 0.857. The van der Waals surface area contributed by atoms with E-state index in [0.29, 0.717) is 6.73 Å². The van der Waals surface area contributed by atoms with Crippen LogP contribution in [0.5, 0.6) is 5.75 Å². The lowest BCUT2D eigenvalue weighted by molar-refractivity contribution is -0.0599. The van der Waals surface area contributed by atoms with Crippen LogP contribution in [0.25, 0.3) is 0 Å². The lowest BCUT2D eigenvalue weighted by Gasteiger charge is -2.31. The number of para-hydroxylation sites is 1. The van der Waals surface area contributed by atoms with Crippen LogP contribution >= 0.6 is 0 Å². The molecule has 0 bridgehead atoms. The summed E-state index contributed by atoms with van der Waals surface area (Å²) in [5, 5.41) is 9.69. The minimum Gasteiger partial charge on any atom is -0.478 e. The number of piperidine rings is 1. The van der Waals surface area contributed by atoms with Gasteiger partial charge in [0.2, 0.25) is 0 Å². The molecule has 0 saturated carbocycles. The number of aliphatic hydroxyl groups excluding tert-OH is 1. The number of benzene rings is 1. The van der Waals surface area contributed by atoms with Crippen molar-refractivity contribution in [3.05, 3.63) is 30.3 Å². The van der Waals surface area contributed by atoms with Gasteiger partial charge in [-0.3, -0.25) is 0 Å². The van der Waals surface area contributed by atoms with E-state index < -0.39 is 0 Å². The van der Waals surface area contributed by atoms with Crippen LogP contribution in [0.4, 0.5) is 0 Å². The predicted octanol–water partition coefficient (Wildman–Crippen LogP) is 1.83. The molecular formula is C12H17NO2. The van der Waals surface area contributed by atoms with Gasteiger partial charge in [-0.25, -0.2) is 4.90 Å². The third-order valence-corrected chi connectivity index (χ3v) is 2.72. The van der Waals surface area contributed by atoms with Crippen molar-refractivity contribution >= 4 is 0 Å². The first-order valence-electron chi connectivity index (χ1n) is 5.46. The highest BCUT2D eigenvalue weighted by atomic mass is 16.5. The first-order chi connectivity index (χ1) is 7.36. The number of hydrogen-bond acceptors (Lipinski definition) is 3. The van der Waals surface area contributed by atoms with E-state index in [-0.39, 0.29) is 6.23 Å². The van der Waals surface area contributed by atoms with Gasteiger partial charge < -0.3 is 9.84 Å². The second-order valence-corrected chi connectivity index (χ2v) is 3.88. The van der Waals surface area contributed by atoms with Gasteiger partial charge in [-0.1, -0.05) is 18.2 Å². The predicted molar refractivity (Wildman–Crippen MR) is 58.5 cm³/mol. The zero-order chi connectivity index (χ0) is 10.5. The Hall–Kier alpha value is -1.06. The molecule has 1 aromatic rings. The molecule has 1 heterocycles. The van der Waals surface area contributed by atoms with E-state index >= 15 is 0 Å². The molecule has 1 atom stereocenters. The molecule has 15 heavy (non-hydrogen) atoms. The summed E-state index contributed by atoms with van der Waals surface area (Å²) in [7, 11) is 0. The number of nitrogens with zero attached hydrogens (tertiary/aromatic N) is 1. The van der Waals surface area contributed by atoms with Gasteiger partial charge in [0.25, 0.3) is 0 Å². The third kappa shape index (κ3) is 2.94. The average molecular weight is 207 g/mol. The Morgan fingerprint density at radius 3 is 2.80 bits per heavy atom. The first kappa shape index (κ1) is 10.5. The van der Waals surface area contributed by atoms with Crippen LogP contribution in [0.3, 0.4) is 0 Å². The van der Waals surface area contributed by atoms with E-state index in [1.165, 1.54) is 0 Å². The molecule has 2 rings (SSSR count). The van der Waals surface area contributed by atoms with Crippen molar-refractivity contribution in [1.82, 2.24) is 4.90 Å². The Bertz CT molecular complexity index is 289. The second-order valence-electron chi connectivity index (χ2n) is 3.88. The summed E-state index contributed by atoms with van der Waals surface area (Å²) >= 11 is 0. The molecule has 3 nitrogen and oxygen atoms in total. The van der Waals surface area contributed by atoms with Crippen LogP contribution in [-0.4, -0.2) is 29.5 Å². The fourth-order valence-electron chi connectivity index (χ4n) is 1.80. The molecule has 82 valence electrons. The maximum atomic E-state index is 9.69. The van der Waals surface area contributed by atoms with Gasteiger partial charge in [0, 0.05) is 6.54 Å². The van der Waals surface area contributed by atoms with Crippen LogP contribution in [-0.2, 0) is 0 Å². The van der Waals surface area contributed by atoms with Crippen LogP contribution in [0.2, 0.25) is 0 Å². The second kappa shape index (κ2) is 5.14. The normalized spacial score (nSPS) is 22.6. The van der Waals surface area contributed by atoms with Gasteiger partial charge in [0.1, 0.15) is 18.7 Å². The van der Waals surface area contributed by atoms with Crippen molar-refractivity contribution in [3.63, 3.8) is 0 Å². The van der Waals surface area contributed by atoms with Gasteiger partial charge in [-0.05, 0) is 31.4 Å². The topological polar surface area (TPSA) is 32.7 Å². The van der Waals surface area contributed by atoms with E-state index in [4.69, 9.17) is 4.74 Å². The van der Waals surface area contributed by atoms with E-state index in [9.17, 15) is 5.11 Å². The number of aliphatic hydroxyl groups is 1. The highest BCUT2D eigenvalue weighted by Gasteiger charge is 2.19. The molecule has 1 fully saturated rings. The first-order valence-corrected chi connectivity index (χ1v) is 5.46. The molecule has 1 aromatic carbocycles. The monoisotopic (exact) mass is 207 g/mol. The van der Waals surface area contributed by atoms with Crippen molar-refractivity contribution in [3.8, 4) is 5.75 Å². The van der Waals surface area contributed by atoms with Crippen molar-refractivity contribution in [2.24, 2.45) is 0 Å². The molecule has 0 spiro atoms. The maximum Gasteiger partial charge on any atom is 0.144 e. The zero-order valence-electron chi connectivity index (χ0n) is 8.80. The highest BCUT2D eigenvalue weighted by molar-refractivity contribution is 5.20. The maximum absolute atomic E-state index is 9.69. The number of ether oxygens (including phenoxy) is 1. The number of rotatable bonds is 3. The van der Waals surface area contributed by atoms with Crippen LogP contribution in [0.15, 0.2) is 30.3 Å². The molecule has 1 saturated heterocycles. The Labute approximate surface area is 90.3 Å². The van der Waals surface area contributed by atoms with E-state index in [1.807, 2.05) is 35.2 Å². The lowest BCUT2D eigenvalue weighted by atomic mass is 10.1. The SMILES string of the molecule is OC1CCCCN1COc1ccccc1. The molecule has 0 aliphatic carbocycles. The fourth-order valence-corrected chi connectivity index (χ4v) is 1.80. The number of likely N-dealkylation sites (tertiary alicyclic amines) is 1. The van der Waals surface area contributed by atoms with Gasteiger partial charge in [0.15, 0.2) is 0 Å². The Kier molecular flexibility index (Phi) is 3.59. The summed E-state index contributed by atoms with van der Waals surface area (Å²) in [6.45, 7) is 1.40. The molecule has 0 amide bonds. The molecule has 0 radical (unpaired) electrons. The van der Waals surface area contributed by atoms with Crippen LogP contribution in [0.1, 0.15) is 19.3 Å². The lowest BCUT2D eigenvalue weighted by Crippen LogP contribution is -2.41. The highest BCUT2D eigenvalue weighted by Crippen LogP contribution is 2.16. The molecule has 1 aliphatic rings. The van der Waals surface area contributed by atoms with Gasteiger partial charge in [0.05, 0.1) is 0 Å². The quantitative estimate of drug-likeness (QED) is 0.820. The van der Waals surface area contributed by atoms with Gasteiger partial charge in [-0.2, -0.15) is 0 Å². The number of hydrogen-bond donors (Lipinski definition) is 1.